The van der Waals surface area contributed by atoms with Gasteiger partial charge in [0, 0.05) is 38.2 Å². The Bertz CT molecular complexity index is 3060. The van der Waals surface area contributed by atoms with Crippen LogP contribution in [-0.2, 0) is 5.41 Å². The first-order chi connectivity index (χ1) is 26.1. The van der Waals surface area contributed by atoms with E-state index in [1.54, 1.807) is 0 Å². The molecule has 2 heteroatoms. The fraction of sp³-hybridized carbons (Fsp3) is 0.0588. The molecule has 0 bridgehead atoms. The normalized spacial score (nSPS) is 13.2. The van der Waals surface area contributed by atoms with Gasteiger partial charge in [0.05, 0.1) is 11.4 Å². The number of hydrogen-bond acceptors (Lipinski definition) is 2. The van der Waals surface area contributed by atoms with Crippen LogP contribution in [0.4, 0.5) is 17.1 Å². The van der Waals surface area contributed by atoms with Gasteiger partial charge >= 0.3 is 0 Å². The van der Waals surface area contributed by atoms with E-state index in [0.717, 1.165) is 33.6 Å². The highest BCUT2D eigenvalue weighted by Crippen LogP contribution is 2.53. The molecule has 53 heavy (non-hydrogen) atoms. The van der Waals surface area contributed by atoms with Gasteiger partial charge in [0.1, 0.15) is 11.2 Å². The Balaban J connectivity index is 1.26. The van der Waals surface area contributed by atoms with Gasteiger partial charge in [-0.3, -0.25) is 0 Å². The summed E-state index contributed by atoms with van der Waals surface area (Å²) < 4.78 is 6.42. The third kappa shape index (κ3) is 4.27. The fourth-order valence-electron chi connectivity index (χ4n) is 9.24. The van der Waals surface area contributed by atoms with Crippen molar-refractivity contribution in [2.24, 2.45) is 0 Å². The predicted molar refractivity (Wildman–Crippen MR) is 224 cm³/mol. The van der Waals surface area contributed by atoms with Crippen molar-refractivity contribution >= 4 is 71.3 Å². The molecule has 0 radical (unpaired) electrons. The molecule has 0 saturated carbocycles. The molecule has 0 spiro atoms. The van der Waals surface area contributed by atoms with Gasteiger partial charge in [0.15, 0.2) is 0 Å². The van der Waals surface area contributed by atoms with Crippen molar-refractivity contribution in [3.63, 3.8) is 0 Å². The van der Waals surface area contributed by atoms with Gasteiger partial charge in [-0.2, -0.15) is 0 Å². The van der Waals surface area contributed by atoms with Crippen LogP contribution in [0.2, 0.25) is 0 Å². The molecule has 0 aliphatic heterocycles. The van der Waals surface area contributed by atoms with E-state index < -0.39 is 0 Å². The lowest BCUT2D eigenvalue weighted by Crippen LogP contribution is -2.17. The van der Waals surface area contributed by atoms with Crippen molar-refractivity contribution < 1.29 is 4.42 Å². The SMILES string of the molecule is CC1(C)c2ccccc2-c2ccc(N(c3ccccc3-c3ccccc3)c3cccc4c5ccc6oc7ccccc7c6c5c5ccccc5c34)cc21. The lowest BCUT2D eigenvalue weighted by atomic mass is 9.82. The number of hydrogen-bond donors (Lipinski definition) is 0. The summed E-state index contributed by atoms with van der Waals surface area (Å²) in [5.74, 6) is 0. The quantitative estimate of drug-likeness (QED) is 0.172. The maximum absolute atomic E-state index is 6.42. The molecular weight excluding hydrogens is 643 g/mol. The molecule has 1 aromatic heterocycles. The minimum atomic E-state index is -0.132. The van der Waals surface area contributed by atoms with Crippen LogP contribution in [0.3, 0.4) is 0 Å². The molecule has 0 amide bonds. The summed E-state index contributed by atoms with van der Waals surface area (Å²) in [6.07, 6.45) is 0. The van der Waals surface area contributed by atoms with Crippen LogP contribution < -0.4 is 4.90 Å². The van der Waals surface area contributed by atoms with Crippen LogP contribution >= 0.6 is 0 Å². The maximum Gasteiger partial charge on any atom is 0.136 e. The number of fused-ring (bicyclic) bond motifs is 13. The van der Waals surface area contributed by atoms with Crippen LogP contribution in [-0.4, -0.2) is 0 Å². The Labute approximate surface area is 308 Å². The monoisotopic (exact) mass is 677 g/mol. The first kappa shape index (κ1) is 30.0. The molecule has 0 N–H and O–H groups in total. The summed E-state index contributed by atoms with van der Waals surface area (Å²) in [4.78, 5) is 2.51. The van der Waals surface area contributed by atoms with Crippen molar-refractivity contribution in [2.45, 2.75) is 19.3 Å². The lowest BCUT2D eigenvalue weighted by molar-refractivity contribution is 0.660. The number of nitrogens with zero attached hydrogens (tertiary/aromatic N) is 1. The Kier molecular flexibility index (Phi) is 6.33. The molecule has 9 aromatic carbocycles. The second kappa shape index (κ2) is 11.2. The van der Waals surface area contributed by atoms with Crippen LogP contribution in [0.5, 0.6) is 0 Å². The standard InChI is InChI=1S/C51H35NO/c1-51(2)42-23-11-8-18-35(42)36-28-27-33(31-43(36)51)52(44-24-12-9-17-34(44)32-15-4-3-5-16-32)45-25-14-22-38-40-29-30-47-50(41-21-10-13-26-46(41)53-47)49(40)39-20-7-6-19-37(39)48(38)45/h3-31H,1-2H3. The fourth-order valence-corrected chi connectivity index (χ4v) is 9.24. The second-order valence-electron chi connectivity index (χ2n) is 14.8. The highest BCUT2D eigenvalue weighted by Gasteiger charge is 2.36. The van der Waals surface area contributed by atoms with Crippen molar-refractivity contribution in [2.75, 3.05) is 4.90 Å². The number of rotatable bonds is 4. The molecule has 0 unspecified atom stereocenters. The van der Waals surface area contributed by atoms with Crippen LogP contribution in [0.15, 0.2) is 180 Å². The first-order valence-electron chi connectivity index (χ1n) is 18.4. The molecule has 11 rings (SSSR count). The zero-order chi connectivity index (χ0) is 35.3. The average molecular weight is 678 g/mol. The molecule has 2 nitrogen and oxygen atoms in total. The van der Waals surface area contributed by atoms with Gasteiger partial charge in [0.25, 0.3) is 0 Å². The molecule has 0 saturated heterocycles. The van der Waals surface area contributed by atoms with Crippen LogP contribution in [0.1, 0.15) is 25.0 Å². The van der Waals surface area contributed by atoms with Gasteiger partial charge in [-0.1, -0.05) is 147 Å². The number of furan rings is 1. The molecular formula is C51H35NO. The Morgan fingerprint density at radius 2 is 1.00 bits per heavy atom. The van der Waals surface area contributed by atoms with Gasteiger partial charge < -0.3 is 9.32 Å². The average Bonchev–Trinajstić information content (AvgIpc) is 3.70. The smallest absolute Gasteiger partial charge is 0.136 e. The Morgan fingerprint density at radius 3 is 1.83 bits per heavy atom. The van der Waals surface area contributed by atoms with E-state index in [-0.39, 0.29) is 5.41 Å². The van der Waals surface area contributed by atoms with E-state index in [9.17, 15) is 0 Å². The highest BCUT2D eigenvalue weighted by atomic mass is 16.3. The van der Waals surface area contributed by atoms with E-state index in [1.165, 1.54) is 71.1 Å². The second-order valence-corrected chi connectivity index (χ2v) is 14.8. The lowest BCUT2D eigenvalue weighted by Gasteiger charge is -2.31. The largest absolute Gasteiger partial charge is 0.456 e. The molecule has 250 valence electrons. The zero-order valence-corrected chi connectivity index (χ0v) is 29.6. The van der Waals surface area contributed by atoms with E-state index in [4.69, 9.17) is 4.42 Å². The van der Waals surface area contributed by atoms with Crippen LogP contribution in [0, 0.1) is 0 Å². The van der Waals surface area contributed by atoms with Crippen molar-refractivity contribution in [3.05, 3.63) is 187 Å². The van der Waals surface area contributed by atoms with Gasteiger partial charge in [-0.25, -0.2) is 0 Å². The maximum atomic E-state index is 6.42. The summed E-state index contributed by atoms with van der Waals surface area (Å²) >= 11 is 0. The first-order valence-corrected chi connectivity index (χ1v) is 18.4. The van der Waals surface area contributed by atoms with E-state index in [2.05, 4.69) is 189 Å². The van der Waals surface area contributed by atoms with Crippen molar-refractivity contribution in [3.8, 4) is 22.3 Å². The van der Waals surface area contributed by atoms with E-state index in [0.29, 0.717) is 0 Å². The minimum Gasteiger partial charge on any atom is -0.456 e. The van der Waals surface area contributed by atoms with E-state index in [1.807, 2.05) is 6.07 Å². The van der Waals surface area contributed by atoms with Crippen molar-refractivity contribution in [1.82, 2.24) is 0 Å². The number of benzene rings is 9. The summed E-state index contributed by atoms with van der Waals surface area (Å²) in [6.45, 7) is 4.73. The molecule has 1 heterocycles. The zero-order valence-electron chi connectivity index (χ0n) is 29.6. The van der Waals surface area contributed by atoms with Gasteiger partial charge in [0.2, 0.25) is 0 Å². The Morgan fingerprint density at radius 1 is 0.396 bits per heavy atom. The molecule has 0 atom stereocenters. The molecule has 1 aliphatic rings. The van der Waals surface area contributed by atoms with Crippen LogP contribution in [0.25, 0.3) is 76.5 Å². The highest BCUT2D eigenvalue weighted by molar-refractivity contribution is 6.36. The topological polar surface area (TPSA) is 16.4 Å². The number of anilines is 3. The third-order valence-electron chi connectivity index (χ3n) is 11.6. The molecule has 0 fully saturated rings. The van der Waals surface area contributed by atoms with E-state index >= 15 is 0 Å². The number of para-hydroxylation sites is 2. The summed E-state index contributed by atoms with van der Waals surface area (Å²) in [7, 11) is 0. The molecule has 1 aliphatic carbocycles. The Hall–Kier alpha value is -6.64. The molecule has 10 aromatic rings. The summed E-state index contributed by atoms with van der Waals surface area (Å²) in [6, 6.07) is 64.2. The van der Waals surface area contributed by atoms with Crippen molar-refractivity contribution in [1.29, 1.82) is 0 Å². The minimum absolute atomic E-state index is 0.132. The predicted octanol–water partition coefficient (Wildman–Crippen LogP) is 14.5. The van der Waals surface area contributed by atoms with Gasteiger partial charge in [-0.15, -0.1) is 0 Å². The van der Waals surface area contributed by atoms with Gasteiger partial charge in [-0.05, 0) is 91.8 Å². The summed E-state index contributed by atoms with van der Waals surface area (Å²) in [5.41, 5.74) is 12.9. The third-order valence-corrected chi connectivity index (χ3v) is 11.6. The summed E-state index contributed by atoms with van der Waals surface area (Å²) in [5, 5.41) is 9.68.